The van der Waals surface area contributed by atoms with Crippen molar-refractivity contribution in [1.82, 2.24) is 10.1 Å². The molecule has 0 aliphatic heterocycles. The van der Waals surface area contributed by atoms with E-state index in [0.717, 1.165) is 12.0 Å². The first kappa shape index (κ1) is 14.7. The lowest BCUT2D eigenvalue weighted by Gasteiger charge is -2.16. The van der Waals surface area contributed by atoms with E-state index in [2.05, 4.69) is 10.1 Å². The minimum absolute atomic E-state index is 0.0481. The Balaban J connectivity index is 2.15. The smallest absolute Gasteiger partial charge is 0.231 e. The lowest BCUT2D eigenvalue weighted by atomic mass is 9.95. The average Bonchev–Trinajstić information content (AvgIpc) is 2.97. The van der Waals surface area contributed by atoms with Crippen molar-refractivity contribution >= 4 is 0 Å². The Kier molecular flexibility index (Phi) is 4.87. The van der Waals surface area contributed by atoms with Crippen molar-refractivity contribution < 1.29 is 9.26 Å². The van der Waals surface area contributed by atoms with Gasteiger partial charge in [-0.2, -0.15) is 4.98 Å². The van der Waals surface area contributed by atoms with Gasteiger partial charge < -0.3 is 15.0 Å². The summed E-state index contributed by atoms with van der Waals surface area (Å²) in [6, 6.07) is 9.74. The topological polar surface area (TPSA) is 74.2 Å². The molecule has 0 aliphatic rings. The zero-order valence-electron chi connectivity index (χ0n) is 12.1. The highest BCUT2D eigenvalue weighted by Gasteiger charge is 2.24. The summed E-state index contributed by atoms with van der Waals surface area (Å²) in [5.41, 5.74) is 7.32. The van der Waals surface area contributed by atoms with Crippen LogP contribution in [0, 0.1) is 0 Å². The van der Waals surface area contributed by atoms with Gasteiger partial charge in [-0.05, 0) is 12.0 Å². The molecule has 0 fully saturated rings. The van der Waals surface area contributed by atoms with Gasteiger partial charge in [0.2, 0.25) is 11.7 Å². The van der Waals surface area contributed by atoms with Crippen molar-refractivity contribution in [2.24, 2.45) is 5.73 Å². The van der Waals surface area contributed by atoms with Crippen LogP contribution in [-0.4, -0.2) is 17.3 Å². The SMILES string of the molecule is CCC(OC)c1noc(C(C)C(N)c2ccccc2)n1. The Hall–Kier alpha value is -1.72. The Labute approximate surface area is 119 Å². The van der Waals surface area contributed by atoms with Gasteiger partial charge in [-0.25, -0.2) is 0 Å². The van der Waals surface area contributed by atoms with E-state index in [1.54, 1.807) is 7.11 Å². The lowest BCUT2D eigenvalue weighted by Crippen LogP contribution is -2.18. The van der Waals surface area contributed by atoms with Crippen molar-refractivity contribution in [3.8, 4) is 0 Å². The molecule has 1 aromatic heterocycles. The van der Waals surface area contributed by atoms with Crippen LogP contribution in [0.2, 0.25) is 0 Å². The van der Waals surface area contributed by atoms with Gasteiger partial charge >= 0.3 is 0 Å². The largest absolute Gasteiger partial charge is 0.373 e. The first-order valence-corrected chi connectivity index (χ1v) is 6.84. The van der Waals surface area contributed by atoms with Crippen LogP contribution in [-0.2, 0) is 4.74 Å². The van der Waals surface area contributed by atoms with Crippen LogP contribution in [0.4, 0.5) is 0 Å². The molecular formula is C15H21N3O2. The third kappa shape index (κ3) is 3.05. The van der Waals surface area contributed by atoms with Gasteiger partial charge in [-0.15, -0.1) is 0 Å². The summed E-state index contributed by atoms with van der Waals surface area (Å²) in [6.45, 7) is 4.01. The monoisotopic (exact) mass is 275 g/mol. The molecule has 2 aromatic rings. The summed E-state index contributed by atoms with van der Waals surface area (Å²) in [5, 5.41) is 3.99. The molecule has 0 bridgehead atoms. The van der Waals surface area contributed by atoms with Crippen LogP contribution in [0.1, 0.15) is 55.6 Å². The predicted octanol–water partition coefficient (Wildman–Crippen LogP) is 2.97. The molecule has 5 heteroatoms. The van der Waals surface area contributed by atoms with E-state index in [4.69, 9.17) is 15.0 Å². The average molecular weight is 275 g/mol. The second-order valence-corrected chi connectivity index (χ2v) is 4.85. The third-order valence-corrected chi connectivity index (χ3v) is 3.51. The second kappa shape index (κ2) is 6.63. The van der Waals surface area contributed by atoms with E-state index >= 15 is 0 Å². The van der Waals surface area contributed by atoms with Gasteiger partial charge in [0.15, 0.2) is 0 Å². The molecule has 2 rings (SSSR count). The minimum Gasteiger partial charge on any atom is -0.373 e. The molecule has 0 saturated heterocycles. The molecule has 0 radical (unpaired) electrons. The number of nitrogens with two attached hydrogens (primary N) is 1. The zero-order chi connectivity index (χ0) is 14.5. The highest BCUT2D eigenvalue weighted by Crippen LogP contribution is 2.28. The Morgan fingerprint density at radius 1 is 1.30 bits per heavy atom. The first-order valence-electron chi connectivity index (χ1n) is 6.84. The maximum atomic E-state index is 6.26. The van der Waals surface area contributed by atoms with Gasteiger partial charge in [0.05, 0.1) is 5.92 Å². The molecule has 0 saturated carbocycles. The zero-order valence-corrected chi connectivity index (χ0v) is 12.1. The van der Waals surface area contributed by atoms with E-state index in [1.807, 2.05) is 44.2 Å². The molecule has 1 heterocycles. The molecule has 1 aromatic carbocycles. The molecular weight excluding hydrogens is 254 g/mol. The molecule has 3 atom stereocenters. The number of methoxy groups -OCH3 is 1. The number of aromatic nitrogens is 2. The lowest BCUT2D eigenvalue weighted by molar-refractivity contribution is 0.0903. The number of benzene rings is 1. The van der Waals surface area contributed by atoms with Crippen molar-refractivity contribution in [1.29, 1.82) is 0 Å². The quantitative estimate of drug-likeness (QED) is 0.877. The summed E-state index contributed by atoms with van der Waals surface area (Å²) in [5.74, 6) is 1.08. The molecule has 108 valence electrons. The fourth-order valence-corrected chi connectivity index (χ4v) is 2.14. The Morgan fingerprint density at radius 2 is 2.00 bits per heavy atom. The van der Waals surface area contributed by atoms with Crippen LogP contribution >= 0.6 is 0 Å². The fraction of sp³-hybridized carbons (Fsp3) is 0.467. The summed E-state index contributed by atoms with van der Waals surface area (Å²) >= 11 is 0. The van der Waals surface area contributed by atoms with Crippen LogP contribution < -0.4 is 5.73 Å². The van der Waals surface area contributed by atoms with E-state index in [-0.39, 0.29) is 18.1 Å². The van der Waals surface area contributed by atoms with E-state index in [9.17, 15) is 0 Å². The van der Waals surface area contributed by atoms with Gasteiger partial charge in [-0.1, -0.05) is 49.3 Å². The summed E-state index contributed by atoms with van der Waals surface area (Å²) in [4.78, 5) is 4.42. The Morgan fingerprint density at radius 3 is 2.60 bits per heavy atom. The van der Waals surface area contributed by atoms with Crippen LogP contribution in [0.3, 0.4) is 0 Å². The van der Waals surface area contributed by atoms with Gasteiger partial charge in [-0.3, -0.25) is 0 Å². The summed E-state index contributed by atoms with van der Waals surface area (Å²) < 4.78 is 10.6. The molecule has 2 N–H and O–H groups in total. The molecule has 5 nitrogen and oxygen atoms in total. The maximum absolute atomic E-state index is 6.26. The summed E-state index contributed by atoms with van der Waals surface area (Å²) in [7, 11) is 1.64. The first-order chi connectivity index (χ1) is 9.67. The number of rotatable bonds is 6. The Bertz CT molecular complexity index is 523. The molecule has 0 spiro atoms. The molecule has 0 aliphatic carbocycles. The van der Waals surface area contributed by atoms with E-state index < -0.39 is 0 Å². The van der Waals surface area contributed by atoms with Crippen LogP contribution in [0.5, 0.6) is 0 Å². The summed E-state index contributed by atoms with van der Waals surface area (Å²) in [6.07, 6.45) is 0.668. The minimum atomic E-state index is -0.174. The van der Waals surface area contributed by atoms with Gasteiger partial charge in [0.25, 0.3) is 0 Å². The van der Waals surface area contributed by atoms with Crippen molar-refractivity contribution in [2.45, 2.75) is 38.3 Å². The van der Waals surface area contributed by atoms with Crippen LogP contribution in [0.25, 0.3) is 0 Å². The predicted molar refractivity (Wildman–Crippen MR) is 76.1 cm³/mol. The molecule has 20 heavy (non-hydrogen) atoms. The van der Waals surface area contributed by atoms with Gasteiger partial charge in [0.1, 0.15) is 6.10 Å². The fourth-order valence-electron chi connectivity index (χ4n) is 2.14. The second-order valence-electron chi connectivity index (χ2n) is 4.85. The third-order valence-electron chi connectivity index (χ3n) is 3.51. The standard InChI is InChI=1S/C15H21N3O2/c1-4-12(19-3)14-17-15(20-18-14)10(2)13(16)11-8-6-5-7-9-11/h5-10,12-13H,4,16H2,1-3H3. The normalized spacial score (nSPS) is 15.8. The molecule has 3 unspecified atom stereocenters. The molecule has 0 amide bonds. The highest BCUT2D eigenvalue weighted by atomic mass is 16.5. The number of nitrogens with zero attached hydrogens (tertiary/aromatic N) is 2. The van der Waals surface area contributed by atoms with Crippen molar-refractivity contribution in [2.75, 3.05) is 7.11 Å². The van der Waals surface area contributed by atoms with Gasteiger partial charge in [0, 0.05) is 13.2 Å². The van der Waals surface area contributed by atoms with Crippen molar-refractivity contribution in [3.63, 3.8) is 0 Å². The highest BCUT2D eigenvalue weighted by molar-refractivity contribution is 5.21. The number of ether oxygens (including phenoxy) is 1. The number of hydrogen-bond donors (Lipinski definition) is 1. The van der Waals surface area contributed by atoms with E-state index in [0.29, 0.717) is 11.7 Å². The van der Waals surface area contributed by atoms with Crippen molar-refractivity contribution in [3.05, 3.63) is 47.6 Å². The number of hydrogen-bond acceptors (Lipinski definition) is 5. The van der Waals surface area contributed by atoms with E-state index in [1.165, 1.54) is 0 Å². The van der Waals surface area contributed by atoms with Crippen LogP contribution in [0.15, 0.2) is 34.9 Å². The maximum Gasteiger partial charge on any atom is 0.231 e.